The van der Waals surface area contributed by atoms with Crippen LogP contribution in [-0.2, 0) is 4.79 Å². The van der Waals surface area contributed by atoms with Gasteiger partial charge < -0.3 is 9.80 Å². The van der Waals surface area contributed by atoms with Gasteiger partial charge in [-0.1, -0.05) is 0 Å². The number of imide groups is 1. The van der Waals surface area contributed by atoms with Gasteiger partial charge in [-0.3, -0.25) is 24.1 Å². The molecule has 2 aliphatic heterocycles. The average Bonchev–Trinajstić information content (AvgIpc) is 2.85. The minimum Gasteiger partial charge on any atom is -0.339 e. The second kappa shape index (κ2) is 6.31. The largest absolute Gasteiger partial charge is 0.339 e. The smallest absolute Gasteiger partial charge is 0.261 e. The van der Waals surface area contributed by atoms with E-state index in [1.54, 1.807) is 35.8 Å². The molecule has 1 fully saturated rings. The van der Waals surface area contributed by atoms with Crippen LogP contribution >= 0.6 is 0 Å². The number of amides is 4. The van der Waals surface area contributed by atoms with Crippen molar-refractivity contribution in [1.82, 2.24) is 14.7 Å². The molecule has 1 saturated heterocycles. The molecule has 0 atom stereocenters. The van der Waals surface area contributed by atoms with Gasteiger partial charge in [0, 0.05) is 44.7 Å². The Morgan fingerprint density at radius 3 is 2.04 bits per heavy atom. The molecular formula is C18H21N3O4. The van der Waals surface area contributed by atoms with Gasteiger partial charge >= 0.3 is 0 Å². The first kappa shape index (κ1) is 17.1. The lowest BCUT2D eigenvalue weighted by Crippen LogP contribution is -2.50. The molecule has 0 bridgehead atoms. The zero-order valence-corrected chi connectivity index (χ0v) is 14.6. The van der Waals surface area contributed by atoms with E-state index in [0.717, 1.165) is 0 Å². The highest BCUT2D eigenvalue weighted by Crippen LogP contribution is 2.26. The molecule has 1 aromatic rings. The Balaban J connectivity index is 1.80. The molecular weight excluding hydrogens is 322 g/mol. The Hall–Kier alpha value is -2.70. The van der Waals surface area contributed by atoms with Crippen molar-refractivity contribution in [2.75, 3.05) is 26.2 Å². The van der Waals surface area contributed by atoms with Crippen molar-refractivity contribution >= 4 is 23.6 Å². The summed E-state index contributed by atoms with van der Waals surface area (Å²) >= 11 is 0. The quantitative estimate of drug-likeness (QED) is 0.751. The Kier molecular flexibility index (Phi) is 4.32. The lowest BCUT2D eigenvalue weighted by Gasteiger charge is -2.34. The summed E-state index contributed by atoms with van der Waals surface area (Å²) in [6, 6.07) is 4.42. The van der Waals surface area contributed by atoms with Crippen LogP contribution in [0.3, 0.4) is 0 Å². The SMILES string of the molecule is CC(=O)N1CCN(C(=O)c2ccc3c(c2)C(=O)N(C(C)C)C3=O)CC1. The zero-order chi connectivity index (χ0) is 18.3. The minimum atomic E-state index is -0.356. The molecule has 0 spiro atoms. The lowest BCUT2D eigenvalue weighted by molar-refractivity contribution is -0.130. The highest BCUT2D eigenvalue weighted by atomic mass is 16.2. The molecule has 132 valence electrons. The average molecular weight is 343 g/mol. The molecule has 0 unspecified atom stereocenters. The standard InChI is InChI=1S/C18H21N3O4/c1-11(2)21-17(24)14-5-4-13(10-15(14)18(21)25)16(23)20-8-6-19(7-9-20)12(3)22/h4-5,10-11H,6-9H2,1-3H3. The fraction of sp³-hybridized carbons (Fsp3) is 0.444. The van der Waals surface area contributed by atoms with Crippen LogP contribution in [0.2, 0.25) is 0 Å². The van der Waals surface area contributed by atoms with E-state index in [1.165, 1.54) is 17.9 Å². The van der Waals surface area contributed by atoms with Crippen LogP contribution in [0.25, 0.3) is 0 Å². The Morgan fingerprint density at radius 1 is 0.920 bits per heavy atom. The zero-order valence-electron chi connectivity index (χ0n) is 14.6. The summed E-state index contributed by atoms with van der Waals surface area (Å²) < 4.78 is 0. The highest BCUT2D eigenvalue weighted by Gasteiger charge is 2.37. The van der Waals surface area contributed by atoms with Gasteiger partial charge in [-0.25, -0.2) is 0 Å². The maximum atomic E-state index is 12.7. The molecule has 2 heterocycles. The number of rotatable bonds is 2. The van der Waals surface area contributed by atoms with E-state index in [4.69, 9.17) is 0 Å². The summed E-state index contributed by atoms with van der Waals surface area (Å²) in [6.45, 7) is 7.00. The molecule has 4 amide bonds. The van der Waals surface area contributed by atoms with E-state index in [2.05, 4.69) is 0 Å². The predicted octanol–water partition coefficient (Wildman–Crippen LogP) is 0.995. The summed E-state index contributed by atoms with van der Waals surface area (Å²) in [4.78, 5) is 53.4. The molecule has 7 heteroatoms. The number of fused-ring (bicyclic) bond motifs is 1. The van der Waals surface area contributed by atoms with E-state index >= 15 is 0 Å². The van der Waals surface area contributed by atoms with Crippen molar-refractivity contribution in [3.05, 3.63) is 34.9 Å². The molecule has 3 rings (SSSR count). The van der Waals surface area contributed by atoms with Gasteiger partial charge in [0.25, 0.3) is 17.7 Å². The first-order valence-electron chi connectivity index (χ1n) is 8.38. The summed E-state index contributed by atoms with van der Waals surface area (Å²) in [5.74, 6) is -0.855. The second-order valence-electron chi connectivity index (χ2n) is 6.63. The third-order valence-electron chi connectivity index (χ3n) is 4.69. The summed E-state index contributed by atoms with van der Waals surface area (Å²) in [6.07, 6.45) is 0. The first-order chi connectivity index (χ1) is 11.8. The number of hydrogen-bond acceptors (Lipinski definition) is 4. The molecule has 25 heavy (non-hydrogen) atoms. The van der Waals surface area contributed by atoms with E-state index in [-0.39, 0.29) is 35.2 Å². The van der Waals surface area contributed by atoms with E-state index in [0.29, 0.717) is 37.3 Å². The number of piperazine rings is 1. The Bertz CT molecular complexity index is 764. The summed E-state index contributed by atoms with van der Waals surface area (Å²) in [5, 5.41) is 0. The predicted molar refractivity (Wildman–Crippen MR) is 90.2 cm³/mol. The fourth-order valence-electron chi connectivity index (χ4n) is 3.27. The molecule has 0 aliphatic carbocycles. The van der Waals surface area contributed by atoms with Crippen LogP contribution in [0.4, 0.5) is 0 Å². The van der Waals surface area contributed by atoms with Crippen LogP contribution in [0.15, 0.2) is 18.2 Å². The molecule has 0 aromatic heterocycles. The highest BCUT2D eigenvalue weighted by molar-refractivity contribution is 6.22. The fourth-order valence-corrected chi connectivity index (χ4v) is 3.27. The lowest BCUT2D eigenvalue weighted by atomic mass is 10.0. The molecule has 0 saturated carbocycles. The van der Waals surface area contributed by atoms with Crippen LogP contribution in [0.5, 0.6) is 0 Å². The van der Waals surface area contributed by atoms with Crippen molar-refractivity contribution in [1.29, 1.82) is 0 Å². The van der Waals surface area contributed by atoms with Gasteiger partial charge in [0.15, 0.2) is 0 Å². The van der Waals surface area contributed by atoms with Gasteiger partial charge in [0.05, 0.1) is 11.1 Å². The first-order valence-corrected chi connectivity index (χ1v) is 8.38. The van der Waals surface area contributed by atoms with Gasteiger partial charge in [0.1, 0.15) is 0 Å². The molecule has 2 aliphatic rings. The number of carbonyl (C=O) groups is 4. The number of nitrogens with zero attached hydrogens (tertiary/aromatic N) is 3. The van der Waals surface area contributed by atoms with E-state index in [1.807, 2.05) is 0 Å². The van der Waals surface area contributed by atoms with Gasteiger partial charge in [0.2, 0.25) is 5.91 Å². The van der Waals surface area contributed by atoms with Gasteiger partial charge in [-0.2, -0.15) is 0 Å². The molecule has 1 aromatic carbocycles. The van der Waals surface area contributed by atoms with Crippen LogP contribution < -0.4 is 0 Å². The van der Waals surface area contributed by atoms with Crippen LogP contribution in [0.1, 0.15) is 51.8 Å². The number of benzene rings is 1. The maximum Gasteiger partial charge on any atom is 0.261 e. The van der Waals surface area contributed by atoms with E-state index < -0.39 is 0 Å². The van der Waals surface area contributed by atoms with E-state index in [9.17, 15) is 19.2 Å². The van der Waals surface area contributed by atoms with Crippen LogP contribution in [0, 0.1) is 0 Å². The maximum absolute atomic E-state index is 12.7. The topological polar surface area (TPSA) is 78.0 Å². The third-order valence-corrected chi connectivity index (χ3v) is 4.69. The number of carbonyl (C=O) groups excluding carboxylic acids is 4. The molecule has 0 N–H and O–H groups in total. The van der Waals surface area contributed by atoms with Crippen molar-refractivity contribution < 1.29 is 19.2 Å². The summed E-state index contributed by atoms with van der Waals surface area (Å²) in [5.41, 5.74) is 1.02. The van der Waals surface area contributed by atoms with Crippen molar-refractivity contribution in [3.8, 4) is 0 Å². The van der Waals surface area contributed by atoms with Crippen molar-refractivity contribution in [2.45, 2.75) is 26.8 Å². The molecule has 7 nitrogen and oxygen atoms in total. The van der Waals surface area contributed by atoms with Crippen molar-refractivity contribution in [2.24, 2.45) is 0 Å². The third kappa shape index (κ3) is 2.90. The second-order valence-corrected chi connectivity index (χ2v) is 6.63. The Labute approximate surface area is 146 Å². The van der Waals surface area contributed by atoms with Crippen LogP contribution in [-0.4, -0.2) is 70.5 Å². The summed E-state index contributed by atoms with van der Waals surface area (Å²) in [7, 11) is 0. The normalized spacial score (nSPS) is 17.4. The minimum absolute atomic E-state index is 0.00233. The van der Waals surface area contributed by atoms with Gasteiger partial charge in [-0.15, -0.1) is 0 Å². The Morgan fingerprint density at radius 2 is 1.48 bits per heavy atom. The van der Waals surface area contributed by atoms with Gasteiger partial charge in [-0.05, 0) is 32.0 Å². The van der Waals surface area contributed by atoms with Crippen molar-refractivity contribution in [3.63, 3.8) is 0 Å². The monoisotopic (exact) mass is 343 g/mol. The molecule has 0 radical (unpaired) electrons. The number of hydrogen-bond donors (Lipinski definition) is 0.